The highest BCUT2D eigenvalue weighted by molar-refractivity contribution is 6.36. The molecule has 1 unspecified atom stereocenters. The van der Waals surface area contributed by atoms with Gasteiger partial charge in [0, 0.05) is 15.2 Å². The molecule has 0 aliphatic carbocycles. The molecule has 6 nitrogen and oxygen atoms in total. The summed E-state index contributed by atoms with van der Waals surface area (Å²) in [5.74, 6) is 1.45. The molecule has 10 heteroatoms. The molecule has 0 radical (unpaired) electrons. The van der Waals surface area contributed by atoms with E-state index in [-0.39, 0.29) is 19.4 Å². The zero-order valence-electron chi connectivity index (χ0n) is 13.2. The molecule has 0 saturated carbocycles. The number of halogens is 4. The summed E-state index contributed by atoms with van der Waals surface area (Å²) in [6.45, 7) is 0.392. The van der Waals surface area contributed by atoms with Crippen LogP contribution >= 0.6 is 46.4 Å². The van der Waals surface area contributed by atoms with E-state index in [4.69, 9.17) is 55.9 Å². The second kappa shape index (κ2) is 8.77. The Balaban J connectivity index is 1.48. The SMILES string of the molecule is Clc1ccc(OCC2=NNC(COc3ccc(Cl)cc3Cl)[NH+]=N2)c(Cl)c1. The number of azo groups is 1. The van der Waals surface area contributed by atoms with Gasteiger partial charge in [-0.05, 0) is 36.4 Å². The van der Waals surface area contributed by atoms with E-state index >= 15 is 0 Å². The number of nitrogens with zero attached hydrogens (tertiary/aromatic N) is 2. The number of amidine groups is 1. The van der Waals surface area contributed by atoms with Gasteiger partial charge in [0.05, 0.1) is 10.0 Å². The van der Waals surface area contributed by atoms with E-state index < -0.39 is 0 Å². The van der Waals surface area contributed by atoms with Gasteiger partial charge < -0.3 is 9.47 Å². The van der Waals surface area contributed by atoms with E-state index in [9.17, 15) is 0 Å². The van der Waals surface area contributed by atoms with E-state index in [1.165, 1.54) is 0 Å². The maximum Gasteiger partial charge on any atom is 0.297 e. The molecule has 0 spiro atoms. The monoisotopic (exact) mass is 433 g/mol. The lowest BCUT2D eigenvalue weighted by Gasteiger charge is -2.13. The van der Waals surface area contributed by atoms with E-state index in [1.54, 1.807) is 36.4 Å². The van der Waals surface area contributed by atoms with E-state index in [0.29, 0.717) is 37.4 Å². The van der Waals surface area contributed by atoms with Crippen molar-refractivity contribution in [1.29, 1.82) is 0 Å². The van der Waals surface area contributed by atoms with Crippen LogP contribution in [0.2, 0.25) is 20.1 Å². The van der Waals surface area contributed by atoms with Gasteiger partial charge in [0.1, 0.15) is 11.5 Å². The van der Waals surface area contributed by atoms with Crippen molar-refractivity contribution in [3.05, 3.63) is 56.5 Å². The fourth-order valence-corrected chi connectivity index (χ4v) is 2.92. The average Bonchev–Trinajstić information content (AvgIpc) is 2.61. The second-order valence-electron chi connectivity index (χ2n) is 5.20. The van der Waals surface area contributed by atoms with Crippen molar-refractivity contribution in [3.8, 4) is 11.5 Å². The first-order chi connectivity index (χ1) is 12.5. The quantitative estimate of drug-likeness (QED) is 0.730. The standard InChI is InChI=1S/C16H12Cl4N4O2/c17-9-1-3-13(11(19)5-9)25-7-15-21-23-16(24-22-15)8-26-14-4-2-10(18)6-12(14)20/h1-6,15,21H,7-8H2/p+1. The summed E-state index contributed by atoms with van der Waals surface area (Å²) in [6.07, 6.45) is -0.315. The lowest BCUT2D eigenvalue weighted by atomic mass is 10.3. The largest absolute Gasteiger partial charge is 0.484 e. The fourth-order valence-electron chi connectivity index (χ4n) is 2.00. The highest BCUT2D eigenvalue weighted by atomic mass is 35.5. The van der Waals surface area contributed by atoms with Crippen molar-refractivity contribution in [1.82, 2.24) is 5.43 Å². The maximum absolute atomic E-state index is 6.06. The van der Waals surface area contributed by atoms with Gasteiger partial charge in [-0.25, -0.2) is 5.43 Å². The van der Waals surface area contributed by atoms with Gasteiger partial charge in [-0.1, -0.05) is 46.4 Å². The minimum atomic E-state index is -0.315. The lowest BCUT2D eigenvalue weighted by Crippen LogP contribution is -2.82. The Labute approximate surface area is 169 Å². The molecule has 26 heavy (non-hydrogen) atoms. The topological polar surface area (TPSA) is 69.2 Å². The summed E-state index contributed by atoms with van der Waals surface area (Å²) in [6, 6.07) is 9.98. The van der Waals surface area contributed by atoms with Crippen LogP contribution in [0.4, 0.5) is 0 Å². The first-order valence-electron chi connectivity index (χ1n) is 7.45. The Hall–Kier alpha value is -1.73. The van der Waals surface area contributed by atoms with Crippen LogP contribution in [-0.4, -0.2) is 25.2 Å². The van der Waals surface area contributed by atoms with Gasteiger partial charge in [-0.15, -0.1) is 10.2 Å². The number of nitrogens with one attached hydrogen (secondary N) is 2. The van der Waals surface area contributed by atoms with Gasteiger partial charge >= 0.3 is 0 Å². The number of benzene rings is 2. The number of hydrogen-bond donors (Lipinski definition) is 2. The Morgan fingerprint density at radius 3 is 2.08 bits per heavy atom. The van der Waals surface area contributed by atoms with Gasteiger partial charge in [-0.2, -0.15) is 0 Å². The van der Waals surface area contributed by atoms with Crippen molar-refractivity contribution >= 4 is 52.2 Å². The van der Waals surface area contributed by atoms with E-state index in [2.05, 4.69) is 20.8 Å². The summed E-state index contributed by atoms with van der Waals surface area (Å²) in [5, 5.41) is 13.1. The normalized spacial score (nSPS) is 16.0. The zero-order chi connectivity index (χ0) is 18.5. The molecule has 2 N–H and O–H groups in total. The maximum atomic E-state index is 6.06. The minimum absolute atomic E-state index is 0.137. The second-order valence-corrected chi connectivity index (χ2v) is 6.89. The van der Waals surface area contributed by atoms with Crippen LogP contribution in [0.5, 0.6) is 11.5 Å². The lowest BCUT2D eigenvalue weighted by molar-refractivity contribution is -0.578. The number of rotatable bonds is 6. The Morgan fingerprint density at radius 2 is 1.54 bits per heavy atom. The van der Waals surface area contributed by atoms with Gasteiger partial charge in [0.2, 0.25) is 0 Å². The van der Waals surface area contributed by atoms with Gasteiger partial charge in [0.25, 0.3) is 12.0 Å². The summed E-state index contributed by atoms with van der Waals surface area (Å²) >= 11 is 23.8. The van der Waals surface area contributed by atoms with Crippen molar-refractivity contribution in [2.45, 2.75) is 6.17 Å². The van der Waals surface area contributed by atoms with Crippen LogP contribution in [-0.2, 0) is 0 Å². The average molecular weight is 435 g/mol. The Bertz CT molecular complexity index is 860. The third kappa shape index (κ3) is 5.14. The first kappa shape index (κ1) is 19.0. The predicted octanol–water partition coefficient (Wildman–Crippen LogP) is 3.53. The minimum Gasteiger partial charge on any atom is -0.484 e. The van der Waals surface area contributed by atoms with Crippen LogP contribution in [0.25, 0.3) is 0 Å². The molecular formula is C16H13Cl4N4O2+. The van der Waals surface area contributed by atoms with Crippen molar-refractivity contribution in [3.63, 3.8) is 0 Å². The zero-order valence-corrected chi connectivity index (χ0v) is 16.2. The fraction of sp³-hybridized carbons (Fsp3) is 0.188. The van der Waals surface area contributed by atoms with Crippen LogP contribution in [0, 0.1) is 0 Å². The third-order valence-electron chi connectivity index (χ3n) is 3.25. The summed E-state index contributed by atoms with van der Waals surface area (Å²) in [7, 11) is 0. The molecule has 1 aliphatic rings. The molecule has 2 aromatic rings. The van der Waals surface area contributed by atoms with Crippen molar-refractivity contribution in [2.24, 2.45) is 10.2 Å². The molecule has 0 aromatic heterocycles. The third-order valence-corrected chi connectivity index (χ3v) is 4.31. The van der Waals surface area contributed by atoms with Crippen LogP contribution < -0.4 is 20.0 Å². The molecule has 0 saturated heterocycles. The van der Waals surface area contributed by atoms with Crippen molar-refractivity contribution < 1.29 is 14.6 Å². The van der Waals surface area contributed by atoms with E-state index in [1.807, 2.05) is 0 Å². The molecule has 0 fully saturated rings. The first-order valence-corrected chi connectivity index (χ1v) is 8.96. The summed E-state index contributed by atoms with van der Waals surface area (Å²) in [4.78, 5) is 0. The number of hydrogen-bond acceptors (Lipinski definition) is 5. The Morgan fingerprint density at radius 1 is 0.923 bits per heavy atom. The van der Waals surface area contributed by atoms with E-state index in [0.717, 1.165) is 0 Å². The summed E-state index contributed by atoms with van der Waals surface area (Å²) < 4.78 is 11.2. The molecule has 136 valence electrons. The number of hydrazone groups is 1. The molecule has 0 amide bonds. The van der Waals surface area contributed by atoms with Crippen LogP contribution in [0.3, 0.4) is 0 Å². The molecule has 2 aromatic carbocycles. The van der Waals surface area contributed by atoms with Crippen molar-refractivity contribution in [2.75, 3.05) is 13.2 Å². The highest BCUT2D eigenvalue weighted by Crippen LogP contribution is 2.28. The number of ether oxygens (including phenoxy) is 2. The van der Waals surface area contributed by atoms with Crippen LogP contribution in [0.1, 0.15) is 0 Å². The highest BCUT2D eigenvalue weighted by Gasteiger charge is 2.19. The van der Waals surface area contributed by atoms with Crippen LogP contribution in [0.15, 0.2) is 46.6 Å². The van der Waals surface area contributed by atoms with Gasteiger partial charge in [-0.3, -0.25) is 0 Å². The van der Waals surface area contributed by atoms with Gasteiger partial charge in [0.15, 0.2) is 13.2 Å². The molecular weight excluding hydrogens is 422 g/mol. The molecule has 1 aliphatic heterocycles. The molecule has 1 atom stereocenters. The summed E-state index contributed by atoms with van der Waals surface area (Å²) in [5.41, 5.74) is 2.89. The smallest absolute Gasteiger partial charge is 0.297 e. The molecule has 1 heterocycles. The molecule has 0 bridgehead atoms. The molecule has 3 rings (SSSR count). The Kier molecular flexibility index (Phi) is 6.43. The predicted molar refractivity (Wildman–Crippen MR) is 102 cm³/mol.